The van der Waals surface area contributed by atoms with Gasteiger partial charge in [-0.3, -0.25) is 10.4 Å². The molecule has 0 bridgehead atoms. The Morgan fingerprint density at radius 1 is 1.00 bits per heavy atom. The Balaban J connectivity index is 1.80. The van der Waals surface area contributed by atoms with Gasteiger partial charge in [0, 0.05) is 6.04 Å². The van der Waals surface area contributed by atoms with Crippen molar-refractivity contribution in [3.05, 3.63) is 11.8 Å². The molecule has 0 radical (unpaired) electrons. The van der Waals surface area contributed by atoms with Gasteiger partial charge in [0.05, 0.1) is 25.2 Å². The van der Waals surface area contributed by atoms with Crippen molar-refractivity contribution >= 4 is 0 Å². The van der Waals surface area contributed by atoms with Crippen molar-refractivity contribution in [3.63, 3.8) is 0 Å². The van der Waals surface area contributed by atoms with Crippen LogP contribution < -0.4 is 17.2 Å². The number of aliphatic hydroxyl groups excluding tert-OH is 4. The van der Waals surface area contributed by atoms with Crippen LogP contribution in [0.5, 0.6) is 0 Å². The van der Waals surface area contributed by atoms with Crippen LogP contribution in [0, 0.1) is 0 Å². The van der Waals surface area contributed by atoms with E-state index in [1.165, 1.54) is 0 Å². The lowest BCUT2D eigenvalue weighted by Gasteiger charge is -2.46. The van der Waals surface area contributed by atoms with Crippen LogP contribution in [0.1, 0.15) is 12.8 Å². The largest absolute Gasteiger partial charge is 0.467 e. The molecule has 3 aliphatic rings. The van der Waals surface area contributed by atoms with Crippen LogP contribution in [-0.2, 0) is 18.9 Å². The third-order valence-corrected chi connectivity index (χ3v) is 5.80. The van der Waals surface area contributed by atoms with E-state index in [0.29, 0.717) is 12.2 Å². The zero-order valence-electron chi connectivity index (χ0n) is 16.8. The minimum Gasteiger partial charge on any atom is -0.467 e. The molecule has 180 valence electrons. The molecule has 0 amide bonds. The second-order valence-electron chi connectivity index (χ2n) is 7.95. The number of rotatable bonds is 7. The summed E-state index contributed by atoms with van der Waals surface area (Å²) < 4.78 is 22.6. The standard InChI is InChI=1S/C17H32N4O10/c18-4-6-1-2-7(19)16(28-6)30-14-8(20)3-9(21(26)27)11(23)15(14)31-17-13(25)12(24)10(5-22)29-17/h1,7-17,22-27H,2-5,18-20H2/t7-,8+,9-,10-,11+,12-,13-,14-,15-,16-,17+/m1/s1. The molecule has 14 heteroatoms. The third-order valence-electron chi connectivity index (χ3n) is 5.80. The second-order valence-corrected chi connectivity index (χ2v) is 7.95. The Hall–Kier alpha value is -0.980. The van der Waals surface area contributed by atoms with E-state index in [2.05, 4.69) is 0 Å². The average Bonchev–Trinajstić information content (AvgIpc) is 3.01. The number of hydroxylamine groups is 2. The van der Waals surface area contributed by atoms with E-state index in [1.54, 1.807) is 6.08 Å². The zero-order chi connectivity index (χ0) is 22.9. The highest BCUT2D eigenvalue weighted by atomic mass is 16.8. The first-order valence-electron chi connectivity index (χ1n) is 10.0. The minimum absolute atomic E-state index is 0.0871. The Kier molecular flexibility index (Phi) is 8.20. The molecule has 12 N–H and O–H groups in total. The monoisotopic (exact) mass is 452 g/mol. The van der Waals surface area contributed by atoms with Crippen molar-refractivity contribution in [2.75, 3.05) is 13.2 Å². The van der Waals surface area contributed by atoms with E-state index in [4.69, 9.17) is 36.1 Å². The molecular formula is C17H32N4O10. The van der Waals surface area contributed by atoms with Crippen molar-refractivity contribution in [3.8, 4) is 0 Å². The normalized spacial score (nSPS) is 46.1. The number of hydrogen-bond acceptors (Lipinski definition) is 14. The molecule has 3 rings (SSSR count). The second kappa shape index (κ2) is 10.3. The highest BCUT2D eigenvalue weighted by molar-refractivity contribution is 5.04. The molecule has 1 saturated carbocycles. The maximum absolute atomic E-state index is 10.7. The summed E-state index contributed by atoms with van der Waals surface area (Å²) in [5.41, 5.74) is 17.9. The van der Waals surface area contributed by atoms with Gasteiger partial charge in [-0.25, -0.2) is 0 Å². The number of hydrogen-bond donors (Lipinski definition) is 9. The molecule has 2 heterocycles. The maximum atomic E-state index is 10.7. The van der Waals surface area contributed by atoms with Gasteiger partial charge in [0.1, 0.15) is 42.4 Å². The van der Waals surface area contributed by atoms with Gasteiger partial charge in [-0.2, -0.15) is 0 Å². The topological polar surface area (TPSA) is 240 Å². The predicted octanol–water partition coefficient (Wildman–Crippen LogP) is -4.35. The lowest BCUT2D eigenvalue weighted by molar-refractivity contribution is -0.365. The molecule has 14 nitrogen and oxygen atoms in total. The van der Waals surface area contributed by atoms with E-state index in [1.807, 2.05) is 0 Å². The van der Waals surface area contributed by atoms with E-state index in [-0.39, 0.29) is 18.2 Å². The molecule has 0 spiro atoms. The van der Waals surface area contributed by atoms with Gasteiger partial charge in [-0.1, -0.05) is 5.23 Å². The maximum Gasteiger partial charge on any atom is 0.215 e. The van der Waals surface area contributed by atoms with Gasteiger partial charge in [0.2, 0.25) is 6.29 Å². The first-order valence-corrected chi connectivity index (χ1v) is 10.0. The van der Waals surface area contributed by atoms with Crippen LogP contribution in [0.4, 0.5) is 0 Å². The van der Waals surface area contributed by atoms with Crippen LogP contribution in [0.25, 0.3) is 0 Å². The minimum atomic E-state index is -1.55. The SMILES string of the molecule is NCC1=CC[C@@H](N)[C@@H](O[C@H]2[C@H](O[C@@H]3O[C@H](CO)[C@@H](O)[C@H]3O)[C@@H](O)[C@H](N(O)O)C[C@@H]2N)O1. The fraction of sp³-hybridized carbons (Fsp3) is 0.882. The molecule has 11 atom stereocenters. The molecule has 0 aromatic rings. The van der Waals surface area contributed by atoms with Crippen LogP contribution in [0.2, 0.25) is 0 Å². The van der Waals surface area contributed by atoms with Crippen molar-refractivity contribution in [2.24, 2.45) is 17.2 Å². The molecule has 0 aromatic carbocycles. The summed E-state index contributed by atoms with van der Waals surface area (Å²) in [5, 5.41) is 59.0. The van der Waals surface area contributed by atoms with Gasteiger partial charge >= 0.3 is 0 Å². The summed E-state index contributed by atoms with van der Waals surface area (Å²) in [5.74, 6) is 0.465. The lowest BCUT2D eigenvalue weighted by atomic mass is 9.84. The number of aliphatic hydroxyl groups is 4. The van der Waals surface area contributed by atoms with Crippen molar-refractivity contribution < 1.29 is 49.8 Å². The number of nitrogens with zero attached hydrogens (tertiary/aromatic N) is 1. The van der Waals surface area contributed by atoms with Gasteiger partial charge in [-0.15, -0.1) is 0 Å². The molecule has 0 aromatic heterocycles. The fourth-order valence-electron chi connectivity index (χ4n) is 3.99. The van der Waals surface area contributed by atoms with E-state index < -0.39 is 73.9 Å². The number of ether oxygens (including phenoxy) is 4. The van der Waals surface area contributed by atoms with Crippen LogP contribution in [0.3, 0.4) is 0 Å². The summed E-state index contributed by atoms with van der Waals surface area (Å²) in [4.78, 5) is 0. The van der Waals surface area contributed by atoms with E-state index >= 15 is 0 Å². The highest BCUT2D eigenvalue weighted by Crippen LogP contribution is 2.33. The Morgan fingerprint density at radius 3 is 2.26 bits per heavy atom. The Labute approximate surface area is 178 Å². The molecule has 1 aliphatic carbocycles. The third kappa shape index (κ3) is 5.17. The molecule has 0 unspecified atom stereocenters. The molecule has 2 fully saturated rings. The molecular weight excluding hydrogens is 420 g/mol. The summed E-state index contributed by atoms with van der Waals surface area (Å²) in [6.07, 6.45) is -8.40. The van der Waals surface area contributed by atoms with Crippen LogP contribution in [0.15, 0.2) is 11.8 Å². The summed E-state index contributed by atoms with van der Waals surface area (Å²) in [6, 6.07) is -2.68. The quantitative estimate of drug-likeness (QED) is 0.166. The van der Waals surface area contributed by atoms with Gasteiger partial charge in [0.15, 0.2) is 6.29 Å². The average molecular weight is 452 g/mol. The first kappa shape index (κ1) is 24.7. The molecule has 1 saturated heterocycles. The van der Waals surface area contributed by atoms with Gasteiger partial charge in [-0.05, 0) is 18.9 Å². The zero-order valence-corrected chi connectivity index (χ0v) is 16.8. The first-order chi connectivity index (χ1) is 14.7. The Morgan fingerprint density at radius 2 is 1.68 bits per heavy atom. The summed E-state index contributed by atoms with van der Waals surface area (Å²) in [6.45, 7) is -0.451. The van der Waals surface area contributed by atoms with Gasteiger partial charge in [0.25, 0.3) is 0 Å². The smallest absolute Gasteiger partial charge is 0.215 e. The highest BCUT2D eigenvalue weighted by Gasteiger charge is 2.52. The van der Waals surface area contributed by atoms with Crippen molar-refractivity contribution in [2.45, 2.75) is 80.2 Å². The molecule has 31 heavy (non-hydrogen) atoms. The van der Waals surface area contributed by atoms with Crippen LogP contribution in [-0.4, -0.2) is 117 Å². The Bertz CT molecular complexity index is 628. The molecule has 2 aliphatic heterocycles. The van der Waals surface area contributed by atoms with Crippen molar-refractivity contribution in [1.82, 2.24) is 5.23 Å². The van der Waals surface area contributed by atoms with E-state index in [0.717, 1.165) is 0 Å². The van der Waals surface area contributed by atoms with E-state index in [9.17, 15) is 30.8 Å². The lowest BCUT2D eigenvalue weighted by Crippen LogP contribution is -2.65. The fourth-order valence-corrected chi connectivity index (χ4v) is 3.99. The van der Waals surface area contributed by atoms with Gasteiger partial charge < -0.3 is 56.6 Å². The summed E-state index contributed by atoms with van der Waals surface area (Å²) >= 11 is 0. The number of nitrogens with two attached hydrogens (primary N) is 3. The predicted molar refractivity (Wildman–Crippen MR) is 99.9 cm³/mol. The summed E-state index contributed by atoms with van der Waals surface area (Å²) in [7, 11) is 0. The van der Waals surface area contributed by atoms with Crippen LogP contribution >= 0.6 is 0 Å². The van der Waals surface area contributed by atoms with Crippen molar-refractivity contribution in [1.29, 1.82) is 0 Å².